The Morgan fingerprint density at radius 2 is 0.481 bits per heavy atom. The fourth-order valence-electron chi connectivity index (χ4n) is 11.0. The van der Waals surface area contributed by atoms with Gasteiger partial charge in [0.1, 0.15) is 19.3 Å². The molecular formula is C89H150O17P2. The van der Waals surface area contributed by atoms with Gasteiger partial charge >= 0.3 is 39.5 Å². The van der Waals surface area contributed by atoms with Gasteiger partial charge in [0.15, 0.2) is 12.2 Å². The van der Waals surface area contributed by atoms with Crippen LogP contribution in [0.4, 0.5) is 0 Å². The fourth-order valence-corrected chi connectivity index (χ4v) is 12.6. The topological polar surface area (TPSA) is 237 Å². The lowest BCUT2D eigenvalue weighted by Crippen LogP contribution is -2.30. The Kier molecular flexibility index (Phi) is 76.3. The molecule has 0 radical (unpaired) electrons. The summed E-state index contributed by atoms with van der Waals surface area (Å²) in [6.07, 6.45) is 92.4. The van der Waals surface area contributed by atoms with Crippen molar-refractivity contribution in [2.75, 3.05) is 39.6 Å². The number of ether oxygens (including phenoxy) is 4. The highest BCUT2D eigenvalue weighted by Gasteiger charge is 2.30. The number of hydrogen-bond donors (Lipinski definition) is 3. The Hall–Kier alpha value is -5.06. The van der Waals surface area contributed by atoms with Crippen molar-refractivity contribution in [2.24, 2.45) is 0 Å². The molecule has 3 N–H and O–H groups in total. The molecule has 0 aromatic rings. The maximum absolute atomic E-state index is 13.1. The van der Waals surface area contributed by atoms with Gasteiger partial charge in [0.05, 0.1) is 26.4 Å². The number of aliphatic hydroxyl groups excluding tert-OH is 1. The van der Waals surface area contributed by atoms with Crippen LogP contribution < -0.4 is 0 Å². The van der Waals surface area contributed by atoms with E-state index in [0.29, 0.717) is 25.7 Å². The average molecular weight is 1550 g/mol. The number of phosphoric acid groups is 2. The van der Waals surface area contributed by atoms with Crippen molar-refractivity contribution in [3.63, 3.8) is 0 Å². The molecule has 108 heavy (non-hydrogen) atoms. The van der Waals surface area contributed by atoms with Gasteiger partial charge < -0.3 is 33.8 Å². The summed E-state index contributed by atoms with van der Waals surface area (Å²) >= 11 is 0. The van der Waals surface area contributed by atoms with Crippen molar-refractivity contribution < 1.29 is 80.2 Å². The molecular weight excluding hydrogens is 1400 g/mol. The molecule has 0 spiro atoms. The van der Waals surface area contributed by atoms with Crippen LogP contribution in [0.25, 0.3) is 0 Å². The third kappa shape index (κ3) is 79.0. The number of carbonyl (C=O) groups excluding carboxylic acids is 4. The van der Waals surface area contributed by atoms with Gasteiger partial charge in [-0.1, -0.05) is 315 Å². The van der Waals surface area contributed by atoms with Crippen LogP contribution in [0.1, 0.15) is 336 Å². The summed E-state index contributed by atoms with van der Waals surface area (Å²) in [5.74, 6) is -2.24. The second-order valence-corrected chi connectivity index (χ2v) is 30.5. The summed E-state index contributed by atoms with van der Waals surface area (Å²) in [6.45, 7) is 4.50. The first-order chi connectivity index (χ1) is 52.7. The molecule has 0 rings (SSSR count). The van der Waals surface area contributed by atoms with Crippen molar-refractivity contribution >= 4 is 39.5 Å². The smallest absolute Gasteiger partial charge is 0.462 e. The zero-order valence-corrected chi connectivity index (χ0v) is 69.5. The quantitative estimate of drug-likeness (QED) is 0.0169. The number of unbranched alkanes of at least 4 members (excludes halogenated alkanes) is 28. The highest BCUT2D eigenvalue weighted by molar-refractivity contribution is 7.47. The molecule has 0 bridgehead atoms. The molecule has 0 aromatic heterocycles. The second kappa shape index (κ2) is 80.0. The zero-order chi connectivity index (χ0) is 78.9. The fraction of sp³-hybridized carbons (Fsp3) is 0.685. The van der Waals surface area contributed by atoms with Crippen LogP contribution in [0.3, 0.4) is 0 Å². The number of allylic oxidation sites excluding steroid dienone is 24. The normalized spacial score (nSPS) is 14.5. The number of phosphoric ester groups is 2. The zero-order valence-electron chi connectivity index (χ0n) is 67.7. The monoisotopic (exact) mass is 1550 g/mol. The molecule has 618 valence electrons. The first kappa shape index (κ1) is 103. The molecule has 0 aromatic carbocycles. The van der Waals surface area contributed by atoms with E-state index < -0.39 is 97.5 Å². The number of esters is 4. The molecule has 0 aliphatic heterocycles. The van der Waals surface area contributed by atoms with Crippen LogP contribution in [-0.4, -0.2) is 96.7 Å². The first-order valence-electron chi connectivity index (χ1n) is 42.1. The van der Waals surface area contributed by atoms with Crippen molar-refractivity contribution in [2.45, 2.75) is 354 Å². The van der Waals surface area contributed by atoms with Gasteiger partial charge in [0, 0.05) is 25.7 Å². The maximum Gasteiger partial charge on any atom is 0.472 e. The van der Waals surface area contributed by atoms with Crippen molar-refractivity contribution in [3.05, 3.63) is 146 Å². The Bertz CT molecular complexity index is 2610. The van der Waals surface area contributed by atoms with E-state index in [1.165, 1.54) is 64.2 Å². The molecule has 19 heteroatoms. The summed E-state index contributed by atoms with van der Waals surface area (Å²) in [5.41, 5.74) is 0. The molecule has 17 nitrogen and oxygen atoms in total. The standard InChI is InChI=1S/C89H150O17P2/c1-5-9-13-17-21-25-29-33-37-39-41-43-47-50-54-58-62-66-70-74-87(92)100-80-85(106-89(94)76-72-68-64-60-56-52-48-44-42-40-38-34-30-26-22-18-14-10-6-2)82-104-108(97,98)102-78-83(90)77-101-107(95,96)103-81-84(105-88(93)75-71-67-63-59-55-51-46-36-32-28-24-20-16-12-8-4)79-99-86(91)73-69-65-61-57-53-49-45-35-31-27-23-19-15-11-7-3/h9-11,13-15,21-23,25-27,33-35,37-38,41-45,53,57,83-85,90H,5-8,12,16-20,24,28-32,36,39-40,46-52,54-56,58-82H2,1-4H3,(H,95,96)(H,97,98)/b13-9-,14-10-,15-11-,25-21-,26-22-,27-23-,37-33-,38-34-,43-41-,44-42-,45-35-,57-53-. The van der Waals surface area contributed by atoms with Crippen LogP contribution >= 0.6 is 15.6 Å². The number of aliphatic hydroxyl groups is 1. The highest BCUT2D eigenvalue weighted by atomic mass is 31.2. The number of rotatable bonds is 78. The predicted octanol–water partition coefficient (Wildman–Crippen LogP) is 25.0. The van der Waals surface area contributed by atoms with Crippen LogP contribution in [0.2, 0.25) is 0 Å². The Balaban J connectivity index is 5.43. The van der Waals surface area contributed by atoms with Crippen molar-refractivity contribution in [3.8, 4) is 0 Å². The number of hydrogen-bond acceptors (Lipinski definition) is 15. The lowest BCUT2D eigenvalue weighted by Gasteiger charge is -2.21. The molecule has 0 fully saturated rings. The highest BCUT2D eigenvalue weighted by Crippen LogP contribution is 2.45. The average Bonchev–Trinajstić information content (AvgIpc) is 0.896. The minimum Gasteiger partial charge on any atom is -0.462 e. The lowest BCUT2D eigenvalue weighted by molar-refractivity contribution is -0.161. The van der Waals surface area contributed by atoms with Gasteiger partial charge in [-0.15, -0.1) is 0 Å². The minimum absolute atomic E-state index is 0.0706. The molecule has 5 atom stereocenters. The van der Waals surface area contributed by atoms with Crippen LogP contribution in [0, 0.1) is 0 Å². The van der Waals surface area contributed by atoms with Gasteiger partial charge in [0.2, 0.25) is 0 Å². The van der Waals surface area contributed by atoms with Crippen molar-refractivity contribution in [1.29, 1.82) is 0 Å². The summed E-state index contributed by atoms with van der Waals surface area (Å²) in [5, 5.41) is 10.7. The minimum atomic E-state index is -5.00. The van der Waals surface area contributed by atoms with Crippen LogP contribution in [0.15, 0.2) is 146 Å². The Morgan fingerprint density at radius 1 is 0.269 bits per heavy atom. The van der Waals surface area contributed by atoms with Gasteiger partial charge in [-0.3, -0.25) is 37.3 Å². The van der Waals surface area contributed by atoms with Gasteiger partial charge in [-0.05, 0) is 141 Å². The van der Waals surface area contributed by atoms with E-state index in [1.54, 1.807) is 0 Å². The van der Waals surface area contributed by atoms with E-state index >= 15 is 0 Å². The van der Waals surface area contributed by atoms with E-state index in [0.717, 1.165) is 193 Å². The van der Waals surface area contributed by atoms with Crippen LogP contribution in [0.5, 0.6) is 0 Å². The van der Waals surface area contributed by atoms with Gasteiger partial charge in [-0.2, -0.15) is 0 Å². The van der Waals surface area contributed by atoms with Gasteiger partial charge in [-0.25, -0.2) is 9.13 Å². The SMILES string of the molecule is CC/C=C\C/C=C\C/C=C\C/C=C\CCCCCCCCC(=O)OCC(COP(=O)(O)OCC(O)COP(=O)(O)OCC(COC(=O)CCCC/C=C\C/C=C\C/C=C\C/C=C\CC)OC(=O)CCCCCCCCCCCCCCCCC)OC(=O)CCCCCCCC/C=C\C/C=C\C/C=C\C/C=C\CC. The van der Waals surface area contributed by atoms with E-state index in [2.05, 4.69) is 174 Å². The second-order valence-electron chi connectivity index (χ2n) is 27.6. The van der Waals surface area contributed by atoms with E-state index in [-0.39, 0.29) is 25.7 Å². The third-order valence-electron chi connectivity index (χ3n) is 17.3. The molecule has 0 heterocycles. The lowest BCUT2D eigenvalue weighted by atomic mass is 10.0. The molecule has 0 saturated carbocycles. The Morgan fingerprint density at radius 3 is 0.759 bits per heavy atom. The molecule has 0 amide bonds. The van der Waals surface area contributed by atoms with Crippen LogP contribution in [-0.2, 0) is 65.4 Å². The maximum atomic E-state index is 13.1. The molecule has 0 saturated heterocycles. The summed E-state index contributed by atoms with van der Waals surface area (Å²) in [4.78, 5) is 73.2. The predicted molar refractivity (Wildman–Crippen MR) is 445 cm³/mol. The summed E-state index contributed by atoms with van der Waals surface area (Å²) in [6, 6.07) is 0. The van der Waals surface area contributed by atoms with E-state index in [9.17, 15) is 43.2 Å². The third-order valence-corrected chi connectivity index (χ3v) is 19.2. The van der Waals surface area contributed by atoms with Gasteiger partial charge in [0.25, 0.3) is 0 Å². The molecule has 5 unspecified atom stereocenters. The summed E-state index contributed by atoms with van der Waals surface area (Å²) < 4.78 is 68.7. The molecule has 0 aliphatic carbocycles. The number of carbonyl (C=O) groups is 4. The largest absolute Gasteiger partial charge is 0.472 e. The Labute approximate surface area is 656 Å². The van der Waals surface area contributed by atoms with Crippen molar-refractivity contribution in [1.82, 2.24) is 0 Å². The van der Waals surface area contributed by atoms with E-state index in [4.69, 9.17) is 37.0 Å². The van der Waals surface area contributed by atoms with E-state index in [1.807, 2.05) is 0 Å². The summed E-state index contributed by atoms with van der Waals surface area (Å²) in [7, 11) is -9.99. The molecule has 0 aliphatic rings. The first-order valence-corrected chi connectivity index (χ1v) is 45.1.